The Morgan fingerprint density at radius 3 is 2.57 bits per heavy atom. The van der Waals surface area contributed by atoms with E-state index in [-0.39, 0.29) is 11.7 Å². The molecule has 0 aliphatic carbocycles. The van der Waals surface area contributed by atoms with Gasteiger partial charge < -0.3 is 10.2 Å². The molecule has 0 unspecified atom stereocenters. The van der Waals surface area contributed by atoms with Crippen molar-refractivity contribution < 1.29 is 9.18 Å². The molecule has 5 heteroatoms. The fourth-order valence-corrected chi connectivity index (χ4v) is 3.03. The Kier molecular flexibility index (Phi) is 6.73. The summed E-state index contributed by atoms with van der Waals surface area (Å²) in [7, 11) is 0. The van der Waals surface area contributed by atoms with Crippen LogP contribution in [0.15, 0.2) is 72.9 Å². The van der Waals surface area contributed by atoms with Crippen LogP contribution in [0.2, 0.25) is 0 Å². The molecule has 0 spiro atoms. The number of carbonyl (C=O) groups excluding carboxylic acids is 1. The molecule has 0 saturated carbocycles. The van der Waals surface area contributed by atoms with Crippen LogP contribution in [-0.4, -0.2) is 24.0 Å². The first-order valence-corrected chi connectivity index (χ1v) is 9.44. The summed E-state index contributed by atoms with van der Waals surface area (Å²) in [5.41, 5.74) is 3.10. The average molecular weight is 377 g/mol. The lowest BCUT2D eigenvalue weighted by molar-refractivity contribution is 0.0949. The first kappa shape index (κ1) is 19.5. The maximum absolute atomic E-state index is 13.7. The molecule has 0 bridgehead atoms. The molecule has 0 atom stereocenters. The summed E-state index contributed by atoms with van der Waals surface area (Å²) in [6.45, 7) is 4.01. The molecule has 144 valence electrons. The van der Waals surface area contributed by atoms with Crippen molar-refractivity contribution in [1.82, 2.24) is 10.3 Å². The SMILES string of the molecule is CCN(Cc1ccccc1)c1ccnc(C(=O)NCCc2ccccc2F)c1. The quantitative estimate of drug-likeness (QED) is 0.639. The molecule has 1 aromatic heterocycles. The number of amides is 1. The highest BCUT2D eigenvalue weighted by molar-refractivity contribution is 5.93. The van der Waals surface area contributed by atoms with Gasteiger partial charge in [0.15, 0.2) is 0 Å². The van der Waals surface area contributed by atoms with Gasteiger partial charge in [0.25, 0.3) is 5.91 Å². The number of halogens is 1. The summed E-state index contributed by atoms with van der Waals surface area (Å²) in [6.07, 6.45) is 2.09. The maximum Gasteiger partial charge on any atom is 0.269 e. The number of hydrogen-bond acceptors (Lipinski definition) is 3. The van der Waals surface area contributed by atoms with Crippen molar-refractivity contribution in [3.05, 3.63) is 95.6 Å². The highest BCUT2D eigenvalue weighted by atomic mass is 19.1. The predicted octanol–water partition coefficient (Wildman–Crippen LogP) is 4.22. The molecule has 3 aromatic rings. The van der Waals surface area contributed by atoms with E-state index in [1.807, 2.05) is 24.3 Å². The number of nitrogens with zero attached hydrogens (tertiary/aromatic N) is 2. The molecule has 1 N–H and O–H groups in total. The van der Waals surface area contributed by atoms with Crippen molar-refractivity contribution in [3.8, 4) is 0 Å². The molecule has 0 saturated heterocycles. The molecule has 1 heterocycles. The largest absolute Gasteiger partial charge is 0.367 e. The van der Waals surface area contributed by atoms with Crippen molar-refractivity contribution in [2.75, 3.05) is 18.0 Å². The minimum Gasteiger partial charge on any atom is -0.367 e. The van der Waals surface area contributed by atoms with Gasteiger partial charge in [-0.25, -0.2) is 4.39 Å². The van der Waals surface area contributed by atoms with Crippen LogP contribution in [0.3, 0.4) is 0 Å². The fourth-order valence-electron chi connectivity index (χ4n) is 3.03. The topological polar surface area (TPSA) is 45.2 Å². The van der Waals surface area contributed by atoms with E-state index in [2.05, 4.69) is 34.3 Å². The second kappa shape index (κ2) is 9.65. The van der Waals surface area contributed by atoms with Gasteiger partial charge in [0.2, 0.25) is 0 Å². The van der Waals surface area contributed by atoms with E-state index in [9.17, 15) is 9.18 Å². The van der Waals surface area contributed by atoms with Crippen LogP contribution in [0, 0.1) is 5.82 Å². The zero-order chi connectivity index (χ0) is 19.8. The van der Waals surface area contributed by atoms with Crippen LogP contribution in [0.5, 0.6) is 0 Å². The van der Waals surface area contributed by atoms with E-state index < -0.39 is 0 Å². The van der Waals surface area contributed by atoms with Gasteiger partial charge in [0.1, 0.15) is 11.5 Å². The number of carbonyl (C=O) groups is 1. The van der Waals surface area contributed by atoms with Crippen molar-refractivity contribution in [1.29, 1.82) is 0 Å². The van der Waals surface area contributed by atoms with Crippen LogP contribution in [-0.2, 0) is 13.0 Å². The zero-order valence-electron chi connectivity index (χ0n) is 15.9. The molecule has 4 nitrogen and oxygen atoms in total. The highest BCUT2D eigenvalue weighted by Crippen LogP contribution is 2.17. The van der Waals surface area contributed by atoms with Gasteiger partial charge in [0, 0.05) is 31.5 Å². The van der Waals surface area contributed by atoms with Crippen molar-refractivity contribution in [3.63, 3.8) is 0 Å². The molecule has 28 heavy (non-hydrogen) atoms. The minimum absolute atomic E-state index is 0.253. The average Bonchev–Trinajstić information content (AvgIpc) is 2.74. The number of pyridine rings is 1. The van der Waals surface area contributed by atoms with E-state index >= 15 is 0 Å². The minimum atomic E-state index is -0.256. The van der Waals surface area contributed by atoms with Crippen LogP contribution >= 0.6 is 0 Å². The van der Waals surface area contributed by atoms with Crippen LogP contribution in [0.4, 0.5) is 10.1 Å². The van der Waals surface area contributed by atoms with E-state index in [0.717, 1.165) is 18.8 Å². The van der Waals surface area contributed by atoms with Gasteiger partial charge in [-0.2, -0.15) is 0 Å². The third-order valence-electron chi connectivity index (χ3n) is 4.58. The summed E-state index contributed by atoms with van der Waals surface area (Å²) in [6, 6.07) is 20.5. The lowest BCUT2D eigenvalue weighted by Gasteiger charge is -2.23. The van der Waals surface area contributed by atoms with Crippen molar-refractivity contribution in [2.24, 2.45) is 0 Å². The van der Waals surface area contributed by atoms with Crippen LogP contribution in [0.1, 0.15) is 28.5 Å². The molecular weight excluding hydrogens is 353 g/mol. The fraction of sp³-hybridized carbons (Fsp3) is 0.217. The predicted molar refractivity (Wildman–Crippen MR) is 110 cm³/mol. The highest BCUT2D eigenvalue weighted by Gasteiger charge is 2.11. The standard InChI is InChI=1S/C23H24FN3O/c1-2-27(17-18-8-4-3-5-9-18)20-13-15-25-22(16-20)23(28)26-14-12-19-10-6-7-11-21(19)24/h3-11,13,15-16H,2,12,14,17H2,1H3,(H,26,28). The molecule has 0 radical (unpaired) electrons. The van der Waals surface area contributed by atoms with Crippen molar-refractivity contribution in [2.45, 2.75) is 19.9 Å². The summed E-state index contributed by atoms with van der Waals surface area (Å²) >= 11 is 0. The third kappa shape index (κ3) is 5.16. The van der Waals surface area contributed by atoms with Gasteiger partial charge in [0.05, 0.1) is 0 Å². The first-order chi connectivity index (χ1) is 13.7. The summed E-state index contributed by atoms with van der Waals surface area (Å²) in [5, 5.41) is 2.82. The Hall–Kier alpha value is -3.21. The molecule has 3 rings (SSSR count). The normalized spacial score (nSPS) is 10.5. The van der Waals surface area contributed by atoms with Gasteiger partial charge in [-0.3, -0.25) is 9.78 Å². The van der Waals surface area contributed by atoms with E-state index in [4.69, 9.17) is 0 Å². The Morgan fingerprint density at radius 1 is 1.07 bits per heavy atom. The molecule has 0 fully saturated rings. The van der Waals surface area contributed by atoms with Crippen LogP contribution < -0.4 is 10.2 Å². The maximum atomic E-state index is 13.7. The number of aromatic nitrogens is 1. The lowest BCUT2D eigenvalue weighted by Crippen LogP contribution is -2.27. The monoisotopic (exact) mass is 377 g/mol. The van der Waals surface area contributed by atoms with Gasteiger partial charge in [-0.15, -0.1) is 0 Å². The summed E-state index contributed by atoms with van der Waals surface area (Å²) in [5.74, 6) is -0.509. The van der Waals surface area contributed by atoms with Gasteiger partial charge in [-0.05, 0) is 42.7 Å². The van der Waals surface area contributed by atoms with E-state index in [1.54, 1.807) is 30.5 Å². The second-order valence-electron chi connectivity index (χ2n) is 6.50. The number of rotatable bonds is 8. The Bertz CT molecular complexity index is 914. The Balaban J connectivity index is 1.62. The Labute approximate surface area is 165 Å². The summed E-state index contributed by atoms with van der Waals surface area (Å²) < 4.78 is 13.7. The Morgan fingerprint density at radius 2 is 1.82 bits per heavy atom. The van der Waals surface area contributed by atoms with Crippen LogP contribution in [0.25, 0.3) is 0 Å². The second-order valence-corrected chi connectivity index (χ2v) is 6.50. The number of hydrogen-bond donors (Lipinski definition) is 1. The lowest BCUT2D eigenvalue weighted by atomic mass is 10.1. The molecular formula is C23H24FN3O. The third-order valence-corrected chi connectivity index (χ3v) is 4.58. The van der Waals surface area contributed by atoms with E-state index in [1.165, 1.54) is 11.6 Å². The first-order valence-electron chi connectivity index (χ1n) is 9.44. The van der Waals surface area contributed by atoms with Crippen molar-refractivity contribution >= 4 is 11.6 Å². The molecule has 0 aliphatic heterocycles. The number of benzene rings is 2. The molecule has 2 aromatic carbocycles. The number of nitrogens with one attached hydrogen (secondary N) is 1. The molecule has 0 aliphatic rings. The summed E-state index contributed by atoms with van der Waals surface area (Å²) in [4.78, 5) is 18.8. The van der Waals surface area contributed by atoms with Gasteiger partial charge >= 0.3 is 0 Å². The van der Waals surface area contributed by atoms with Gasteiger partial charge in [-0.1, -0.05) is 48.5 Å². The molecule has 1 amide bonds. The smallest absolute Gasteiger partial charge is 0.269 e. The zero-order valence-corrected chi connectivity index (χ0v) is 15.9. The van der Waals surface area contributed by atoms with E-state index in [0.29, 0.717) is 24.2 Å². The number of anilines is 1.